The van der Waals surface area contributed by atoms with Crippen LogP contribution in [0.15, 0.2) is 36.5 Å². The molecule has 0 unspecified atom stereocenters. The first kappa shape index (κ1) is 16.0. The van der Waals surface area contributed by atoms with E-state index in [1.54, 1.807) is 6.20 Å². The maximum absolute atomic E-state index is 10.1. The molecule has 0 amide bonds. The van der Waals surface area contributed by atoms with E-state index >= 15 is 0 Å². The molecule has 1 saturated heterocycles. The van der Waals surface area contributed by atoms with Crippen molar-refractivity contribution in [3.05, 3.63) is 47.8 Å². The van der Waals surface area contributed by atoms with E-state index in [-0.39, 0.29) is 0 Å². The van der Waals surface area contributed by atoms with Gasteiger partial charge in [0, 0.05) is 6.42 Å². The van der Waals surface area contributed by atoms with Crippen molar-refractivity contribution in [2.24, 2.45) is 0 Å². The summed E-state index contributed by atoms with van der Waals surface area (Å²) >= 11 is 0. The molecule has 0 bridgehead atoms. The molecule has 1 aromatic heterocycles. The van der Waals surface area contributed by atoms with E-state index in [1.165, 1.54) is 4.68 Å². The molecule has 3 rings (SSSR count). The quantitative estimate of drug-likeness (QED) is 0.560. The highest BCUT2D eigenvalue weighted by atomic mass is 16.6. The van der Waals surface area contributed by atoms with Crippen LogP contribution in [0.3, 0.4) is 0 Å². The van der Waals surface area contributed by atoms with E-state index in [0.717, 1.165) is 5.56 Å². The van der Waals surface area contributed by atoms with Gasteiger partial charge in [-0.2, -0.15) is 0 Å². The number of hydrogen-bond donors (Lipinski definition) is 4. The van der Waals surface area contributed by atoms with Crippen LogP contribution in [-0.4, -0.2) is 66.4 Å². The molecule has 5 atom stereocenters. The summed E-state index contributed by atoms with van der Waals surface area (Å²) in [7, 11) is 0. The van der Waals surface area contributed by atoms with Gasteiger partial charge in [0.15, 0.2) is 6.23 Å². The Morgan fingerprint density at radius 1 is 1.04 bits per heavy atom. The number of ether oxygens (including phenoxy) is 1. The second kappa shape index (κ2) is 6.73. The lowest BCUT2D eigenvalue weighted by atomic mass is 9.98. The highest BCUT2D eigenvalue weighted by molar-refractivity contribution is 5.19. The maximum atomic E-state index is 10.1. The zero-order chi connectivity index (χ0) is 16.4. The highest BCUT2D eigenvalue weighted by Gasteiger charge is 2.44. The number of aromatic nitrogens is 3. The smallest absolute Gasteiger partial charge is 0.180 e. The summed E-state index contributed by atoms with van der Waals surface area (Å²) in [5.41, 5.74) is 1.74. The van der Waals surface area contributed by atoms with E-state index in [9.17, 15) is 20.4 Å². The van der Waals surface area contributed by atoms with Gasteiger partial charge in [-0.05, 0) is 5.56 Å². The van der Waals surface area contributed by atoms with Crippen molar-refractivity contribution in [3.8, 4) is 0 Å². The molecule has 8 heteroatoms. The SMILES string of the molecule is OC[C@@H]1O[C@@H](n2cc(Cc3ccccc3)nn2)[C@H](O)[C@H](O)[C@H]1O. The van der Waals surface area contributed by atoms with Gasteiger partial charge in [-0.1, -0.05) is 35.5 Å². The number of aliphatic hydroxyl groups is 4. The maximum Gasteiger partial charge on any atom is 0.180 e. The average molecular weight is 321 g/mol. The number of nitrogens with zero attached hydrogens (tertiary/aromatic N) is 3. The zero-order valence-electron chi connectivity index (χ0n) is 12.3. The number of aliphatic hydroxyl groups excluding tert-OH is 4. The predicted molar refractivity (Wildman–Crippen MR) is 78.3 cm³/mol. The minimum Gasteiger partial charge on any atom is -0.394 e. The second-order valence-corrected chi connectivity index (χ2v) is 5.57. The van der Waals surface area contributed by atoms with Crippen molar-refractivity contribution >= 4 is 0 Å². The van der Waals surface area contributed by atoms with Gasteiger partial charge < -0.3 is 25.2 Å². The zero-order valence-corrected chi connectivity index (χ0v) is 12.3. The Balaban J connectivity index is 1.76. The Morgan fingerprint density at radius 3 is 2.48 bits per heavy atom. The minimum absolute atomic E-state index is 0.479. The Labute approximate surface area is 132 Å². The van der Waals surface area contributed by atoms with Gasteiger partial charge in [-0.15, -0.1) is 5.10 Å². The normalized spacial score (nSPS) is 31.2. The molecular weight excluding hydrogens is 302 g/mol. The summed E-state index contributed by atoms with van der Waals surface area (Å²) in [5.74, 6) is 0. The highest BCUT2D eigenvalue weighted by Crippen LogP contribution is 2.27. The molecule has 2 aromatic rings. The van der Waals surface area contributed by atoms with Crippen molar-refractivity contribution < 1.29 is 25.2 Å². The molecule has 2 heterocycles. The third kappa shape index (κ3) is 3.26. The third-order valence-electron chi connectivity index (χ3n) is 3.91. The second-order valence-electron chi connectivity index (χ2n) is 5.57. The van der Waals surface area contributed by atoms with Crippen LogP contribution in [0, 0.1) is 0 Å². The van der Waals surface area contributed by atoms with Gasteiger partial charge in [-0.25, -0.2) is 4.68 Å². The fraction of sp³-hybridized carbons (Fsp3) is 0.467. The lowest BCUT2D eigenvalue weighted by Crippen LogP contribution is -2.56. The van der Waals surface area contributed by atoms with Crippen molar-refractivity contribution in [3.63, 3.8) is 0 Å². The monoisotopic (exact) mass is 321 g/mol. The first-order valence-corrected chi connectivity index (χ1v) is 7.35. The minimum atomic E-state index is -1.44. The molecule has 0 saturated carbocycles. The first-order valence-electron chi connectivity index (χ1n) is 7.35. The summed E-state index contributed by atoms with van der Waals surface area (Å²) in [6.07, 6.45) is -4.02. The van der Waals surface area contributed by atoms with E-state index in [1.807, 2.05) is 30.3 Å². The predicted octanol–water partition coefficient (Wildman–Crippen LogP) is -1.16. The summed E-state index contributed by atoms with van der Waals surface area (Å²) < 4.78 is 6.72. The summed E-state index contributed by atoms with van der Waals surface area (Å²) in [5, 5.41) is 46.8. The molecular formula is C15H19N3O5. The number of rotatable bonds is 4. The van der Waals surface area contributed by atoms with Crippen molar-refractivity contribution in [2.45, 2.75) is 37.1 Å². The van der Waals surface area contributed by atoms with Gasteiger partial charge in [0.1, 0.15) is 24.4 Å². The molecule has 8 nitrogen and oxygen atoms in total. The molecule has 1 aliphatic heterocycles. The molecule has 1 fully saturated rings. The molecule has 4 N–H and O–H groups in total. The molecule has 0 aliphatic carbocycles. The van der Waals surface area contributed by atoms with Crippen LogP contribution in [0.2, 0.25) is 0 Å². The summed E-state index contributed by atoms with van der Waals surface area (Å²) in [6.45, 7) is -0.479. The van der Waals surface area contributed by atoms with Crippen LogP contribution < -0.4 is 0 Å². The van der Waals surface area contributed by atoms with Crippen molar-refractivity contribution in [1.82, 2.24) is 15.0 Å². The Kier molecular flexibility index (Phi) is 4.69. The largest absolute Gasteiger partial charge is 0.394 e. The standard InChI is InChI=1S/C15H19N3O5/c19-8-11-12(20)13(21)14(22)15(23-11)18-7-10(16-17-18)6-9-4-2-1-3-5-9/h1-5,7,11-15,19-22H,6,8H2/t11-,12-,13+,14+,15+/m0/s1. The van der Waals surface area contributed by atoms with Crippen LogP contribution in [0.1, 0.15) is 17.5 Å². The third-order valence-corrected chi connectivity index (χ3v) is 3.91. The molecule has 0 radical (unpaired) electrons. The summed E-state index contributed by atoms with van der Waals surface area (Å²) in [4.78, 5) is 0. The Hall–Kier alpha value is -1.84. The van der Waals surface area contributed by atoms with E-state index in [0.29, 0.717) is 12.1 Å². The fourth-order valence-electron chi connectivity index (χ4n) is 2.62. The number of benzene rings is 1. The summed E-state index contributed by atoms with van der Waals surface area (Å²) in [6, 6.07) is 9.71. The van der Waals surface area contributed by atoms with Gasteiger partial charge >= 0.3 is 0 Å². The van der Waals surface area contributed by atoms with Gasteiger partial charge in [-0.3, -0.25) is 0 Å². The molecule has 124 valence electrons. The van der Waals surface area contributed by atoms with Crippen molar-refractivity contribution in [2.75, 3.05) is 6.61 Å². The van der Waals surface area contributed by atoms with Crippen LogP contribution in [0.5, 0.6) is 0 Å². The van der Waals surface area contributed by atoms with Crippen molar-refractivity contribution in [1.29, 1.82) is 0 Å². The molecule has 1 aromatic carbocycles. The van der Waals surface area contributed by atoms with Crippen LogP contribution in [0.4, 0.5) is 0 Å². The van der Waals surface area contributed by atoms with Gasteiger partial charge in [0.2, 0.25) is 0 Å². The lowest BCUT2D eigenvalue weighted by Gasteiger charge is -2.39. The topological polar surface area (TPSA) is 121 Å². The molecule has 23 heavy (non-hydrogen) atoms. The average Bonchev–Trinajstić information content (AvgIpc) is 3.02. The van der Waals surface area contributed by atoms with E-state index in [2.05, 4.69) is 10.3 Å². The first-order chi connectivity index (χ1) is 11.1. The van der Waals surface area contributed by atoms with E-state index in [4.69, 9.17) is 4.74 Å². The van der Waals surface area contributed by atoms with Crippen LogP contribution in [-0.2, 0) is 11.2 Å². The Morgan fingerprint density at radius 2 is 1.78 bits per heavy atom. The van der Waals surface area contributed by atoms with Gasteiger partial charge in [0.05, 0.1) is 18.5 Å². The Bertz CT molecular complexity index is 633. The lowest BCUT2D eigenvalue weighted by molar-refractivity contribution is -0.254. The molecule has 1 aliphatic rings. The van der Waals surface area contributed by atoms with E-state index < -0.39 is 37.3 Å². The molecule has 0 spiro atoms. The van der Waals surface area contributed by atoms with Gasteiger partial charge in [0.25, 0.3) is 0 Å². The fourth-order valence-corrected chi connectivity index (χ4v) is 2.62. The number of hydrogen-bond acceptors (Lipinski definition) is 7. The van der Waals surface area contributed by atoms with Crippen LogP contribution in [0.25, 0.3) is 0 Å². The van der Waals surface area contributed by atoms with Crippen LogP contribution >= 0.6 is 0 Å².